The van der Waals surface area contributed by atoms with Crippen molar-refractivity contribution >= 4 is 17.8 Å². The lowest BCUT2D eigenvalue weighted by Crippen LogP contribution is -2.54. The predicted molar refractivity (Wildman–Crippen MR) is 92.2 cm³/mol. The molecule has 3 heterocycles. The number of rotatable bonds is 3. The number of furan rings is 1. The molecular formula is C19H19N3O4. The van der Waals surface area contributed by atoms with Crippen LogP contribution in [0.2, 0.25) is 0 Å². The zero-order valence-corrected chi connectivity index (χ0v) is 14.4. The minimum absolute atomic E-state index is 0.183. The zero-order valence-electron chi connectivity index (χ0n) is 14.4. The molecule has 2 aliphatic rings. The van der Waals surface area contributed by atoms with Crippen LogP contribution in [0.4, 0.5) is 4.79 Å². The Morgan fingerprint density at radius 2 is 1.88 bits per heavy atom. The van der Waals surface area contributed by atoms with Gasteiger partial charge in [-0.25, -0.2) is 4.79 Å². The van der Waals surface area contributed by atoms with Crippen LogP contribution in [0.1, 0.15) is 29.1 Å². The molecule has 0 radical (unpaired) electrons. The van der Waals surface area contributed by atoms with Crippen LogP contribution in [0.15, 0.2) is 53.1 Å². The average Bonchev–Trinajstić information content (AvgIpc) is 3.29. The standard InChI is InChI=1S/C19H19N3O4/c1-13(14-6-3-2-4-7-14)22-17(23)15-12-20(9-10-21(15)19(22)25)18(24)16-8-5-11-26-16/h2-8,11,13,15H,9-10,12H2,1H3/t13-,15+/m0/s1. The topological polar surface area (TPSA) is 74.1 Å². The summed E-state index contributed by atoms with van der Waals surface area (Å²) in [4.78, 5) is 42.6. The molecule has 2 saturated heterocycles. The highest BCUT2D eigenvalue weighted by Gasteiger charge is 2.50. The van der Waals surface area contributed by atoms with Gasteiger partial charge >= 0.3 is 6.03 Å². The lowest BCUT2D eigenvalue weighted by molar-refractivity contribution is -0.130. The molecule has 7 heteroatoms. The summed E-state index contributed by atoms with van der Waals surface area (Å²) in [5.41, 5.74) is 0.901. The minimum Gasteiger partial charge on any atom is -0.459 e. The van der Waals surface area contributed by atoms with Gasteiger partial charge in [-0.1, -0.05) is 30.3 Å². The van der Waals surface area contributed by atoms with Gasteiger partial charge < -0.3 is 14.2 Å². The first-order valence-corrected chi connectivity index (χ1v) is 8.59. The Hall–Kier alpha value is -3.09. The van der Waals surface area contributed by atoms with E-state index in [1.54, 1.807) is 21.9 Å². The Bertz CT molecular complexity index is 834. The van der Waals surface area contributed by atoms with Crippen LogP contribution >= 0.6 is 0 Å². The smallest absolute Gasteiger partial charge is 0.328 e. The maximum absolute atomic E-state index is 12.9. The van der Waals surface area contributed by atoms with Crippen LogP contribution in [-0.4, -0.2) is 58.2 Å². The first-order chi connectivity index (χ1) is 12.6. The fourth-order valence-corrected chi connectivity index (χ4v) is 3.59. The average molecular weight is 353 g/mol. The Kier molecular flexibility index (Phi) is 3.99. The Morgan fingerprint density at radius 1 is 1.12 bits per heavy atom. The van der Waals surface area contributed by atoms with Crippen LogP contribution in [0.3, 0.4) is 0 Å². The highest BCUT2D eigenvalue weighted by molar-refractivity contribution is 6.05. The molecule has 26 heavy (non-hydrogen) atoms. The monoisotopic (exact) mass is 353 g/mol. The Balaban J connectivity index is 1.54. The van der Waals surface area contributed by atoms with Gasteiger partial charge in [-0.3, -0.25) is 14.5 Å². The highest BCUT2D eigenvalue weighted by atomic mass is 16.3. The maximum atomic E-state index is 12.9. The van der Waals surface area contributed by atoms with E-state index in [0.717, 1.165) is 5.56 Å². The molecule has 4 rings (SSSR count). The lowest BCUT2D eigenvalue weighted by atomic mass is 10.1. The van der Waals surface area contributed by atoms with Crippen molar-refractivity contribution in [2.75, 3.05) is 19.6 Å². The van der Waals surface area contributed by atoms with Crippen molar-refractivity contribution in [1.29, 1.82) is 0 Å². The van der Waals surface area contributed by atoms with E-state index in [4.69, 9.17) is 4.42 Å². The molecular weight excluding hydrogens is 334 g/mol. The second-order valence-electron chi connectivity index (χ2n) is 6.52. The third-order valence-electron chi connectivity index (χ3n) is 5.04. The van der Waals surface area contributed by atoms with Gasteiger partial charge in [0.1, 0.15) is 6.04 Å². The SMILES string of the molecule is C[C@@H](c1ccccc1)N1C(=O)[C@H]2CN(C(=O)c3ccco3)CCN2C1=O. The number of amides is 4. The van der Waals surface area contributed by atoms with Gasteiger partial charge in [0.25, 0.3) is 11.8 Å². The lowest BCUT2D eigenvalue weighted by Gasteiger charge is -2.34. The number of hydrogen-bond donors (Lipinski definition) is 0. The van der Waals surface area contributed by atoms with E-state index >= 15 is 0 Å². The summed E-state index contributed by atoms with van der Waals surface area (Å²) in [5, 5.41) is 0. The van der Waals surface area contributed by atoms with Gasteiger partial charge in [-0.15, -0.1) is 0 Å². The second kappa shape index (κ2) is 6.33. The quantitative estimate of drug-likeness (QED) is 0.793. The van der Waals surface area contributed by atoms with E-state index in [0.29, 0.717) is 13.1 Å². The molecule has 1 aromatic carbocycles. The molecule has 7 nitrogen and oxygen atoms in total. The first kappa shape index (κ1) is 16.4. The number of urea groups is 1. The third kappa shape index (κ3) is 2.56. The number of piperazine rings is 1. The molecule has 0 aliphatic carbocycles. The van der Waals surface area contributed by atoms with Crippen molar-refractivity contribution in [2.24, 2.45) is 0 Å². The van der Waals surface area contributed by atoms with Crippen LogP contribution in [0.5, 0.6) is 0 Å². The van der Waals surface area contributed by atoms with Crippen LogP contribution in [0, 0.1) is 0 Å². The summed E-state index contributed by atoms with van der Waals surface area (Å²) in [6, 6.07) is 11.4. The summed E-state index contributed by atoms with van der Waals surface area (Å²) in [6.07, 6.45) is 1.44. The van der Waals surface area contributed by atoms with E-state index in [2.05, 4.69) is 0 Å². The fourth-order valence-electron chi connectivity index (χ4n) is 3.59. The van der Waals surface area contributed by atoms with E-state index in [9.17, 15) is 14.4 Å². The van der Waals surface area contributed by atoms with Gasteiger partial charge in [0, 0.05) is 13.1 Å². The molecule has 0 saturated carbocycles. The van der Waals surface area contributed by atoms with Crippen molar-refractivity contribution in [3.8, 4) is 0 Å². The number of fused-ring (bicyclic) bond motifs is 1. The van der Waals surface area contributed by atoms with Crippen LogP contribution < -0.4 is 0 Å². The number of benzene rings is 1. The van der Waals surface area contributed by atoms with Crippen molar-refractivity contribution in [1.82, 2.24) is 14.7 Å². The highest BCUT2D eigenvalue weighted by Crippen LogP contribution is 2.30. The van der Waals surface area contributed by atoms with Crippen molar-refractivity contribution < 1.29 is 18.8 Å². The second-order valence-corrected chi connectivity index (χ2v) is 6.52. The number of imide groups is 1. The van der Waals surface area contributed by atoms with Crippen LogP contribution in [0.25, 0.3) is 0 Å². The summed E-state index contributed by atoms with van der Waals surface area (Å²) in [6.45, 7) is 2.74. The number of carbonyl (C=O) groups excluding carboxylic acids is 3. The molecule has 1 aromatic heterocycles. The Labute approximate surface area is 150 Å². The zero-order chi connectivity index (χ0) is 18.3. The molecule has 0 N–H and O–H groups in total. The fraction of sp³-hybridized carbons (Fsp3) is 0.316. The number of carbonyl (C=O) groups is 3. The molecule has 0 bridgehead atoms. The predicted octanol–water partition coefficient (Wildman–Crippen LogP) is 2.13. The summed E-state index contributed by atoms with van der Waals surface area (Å²) >= 11 is 0. The van der Waals surface area contributed by atoms with E-state index < -0.39 is 6.04 Å². The molecule has 0 spiro atoms. The number of hydrogen-bond acceptors (Lipinski definition) is 4. The third-order valence-corrected chi connectivity index (χ3v) is 5.04. The Morgan fingerprint density at radius 3 is 2.58 bits per heavy atom. The van der Waals surface area contributed by atoms with Gasteiger partial charge in [0.15, 0.2) is 5.76 Å². The number of nitrogens with zero attached hydrogens (tertiary/aromatic N) is 3. The van der Waals surface area contributed by atoms with Crippen molar-refractivity contribution in [3.63, 3.8) is 0 Å². The molecule has 2 fully saturated rings. The van der Waals surface area contributed by atoms with E-state index in [1.807, 2.05) is 37.3 Å². The van der Waals surface area contributed by atoms with Crippen LogP contribution in [-0.2, 0) is 4.79 Å². The van der Waals surface area contributed by atoms with Gasteiger partial charge in [0.2, 0.25) is 0 Å². The molecule has 2 aliphatic heterocycles. The molecule has 134 valence electrons. The first-order valence-electron chi connectivity index (χ1n) is 8.59. The van der Waals surface area contributed by atoms with Crippen molar-refractivity contribution in [2.45, 2.75) is 19.0 Å². The van der Waals surface area contributed by atoms with Gasteiger partial charge in [0.05, 0.1) is 18.8 Å². The molecule has 4 amide bonds. The maximum Gasteiger partial charge on any atom is 0.328 e. The van der Waals surface area contributed by atoms with Gasteiger partial charge in [-0.05, 0) is 24.6 Å². The van der Waals surface area contributed by atoms with E-state index in [1.165, 1.54) is 11.2 Å². The normalized spacial score (nSPS) is 21.1. The summed E-state index contributed by atoms with van der Waals surface area (Å²) in [7, 11) is 0. The van der Waals surface area contributed by atoms with Gasteiger partial charge in [-0.2, -0.15) is 0 Å². The minimum atomic E-state index is -0.638. The van der Waals surface area contributed by atoms with E-state index in [-0.39, 0.29) is 36.2 Å². The molecule has 0 unspecified atom stereocenters. The molecule has 2 aromatic rings. The van der Waals surface area contributed by atoms with Crippen molar-refractivity contribution in [3.05, 3.63) is 60.1 Å². The largest absolute Gasteiger partial charge is 0.459 e. The molecule has 2 atom stereocenters. The summed E-state index contributed by atoms with van der Waals surface area (Å²) < 4.78 is 5.16. The summed E-state index contributed by atoms with van der Waals surface area (Å²) in [5.74, 6) is -0.280.